The van der Waals surface area contributed by atoms with E-state index in [4.69, 9.17) is 0 Å². The Bertz CT molecular complexity index is 598. The van der Waals surface area contributed by atoms with Crippen molar-refractivity contribution in [1.29, 1.82) is 0 Å². The minimum Gasteiger partial charge on any atom is -0.346 e. The first-order valence-corrected chi connectivity index (χ1v) is 9.40. The van der Waals surface area contributed by atoms with E-state index in [0.717, 1.165) is 37.8 Å². The monoisotopic (exact) mass is 311 g/mol. The van der Waals surface area contributed by atoms with Gasteiger partial charge in [0.2, 0.25) is 10.0 Å². The van der Waals surface area contributed by atoms with Crippen molar-refractivity contribution in [2.24, 2.45) is 0 Å². The highest BCUT2D eigenvalue weighted by Gasteiger charge is 2.30. The van der Waals surface area contributed by atoms with Gasteiger partial charge in [-0.2, -0.15) is 0 Å². The van der Waals surface area contributed by atoms with Gasteiger partial charge in [0.25, 0.3) is 0 Å². The van der Waals surface area contributed by atoms with E-state index in [1.54, 1.807) is 0 Å². The summed E-state index contributed by atoms with van der Waals surface area (Å²) in [5.41, 5.74) is 1.07. The average Bonchev–Trinajstić information content (AvgIpc) is 3.11. The molecule has 2 aliphatic carbocycles. The van der Waals surface area contributed by atoms with Crippen LogP contribution >= 0.6 is 0 Å². The lowest BCUT2D eigenvalue weighted by Crippen LogP contribution is -2.39. The number of sulfonamides is 1. The van der Waals surface area contributed by atoms with Gasteiger partial charge in [0, 0.05) is 36.6 Å². The maximum absolute atomic E-state index is 12.4. The summed E-state index contributed by atoms with van der Waals surface area (Å²) in [5, 5.41) is 3.38. The molecule has 0 saturated heterocycles. The fourth-order valence-corrected chi connectivity index (χ4v) is 3.95. The lowest BCUT2D eigenvalue weighted by molar-refractivity contribution is 0.383. The van der Waals surface area contributed by atoms with Gasteiger partial charge in [0.1, 0.15) is 0 Å². The molecule has 1 heterocycles. The largest absolute Gasteiger partial charge is 0.346 e. The molecule has 0 aromatic carbocycles. The number of hydrogen-bond acceptors (Lipinski definition) is 3. The van der Waals surface area contributed by atoms with Crippen LogP contribution in [-0.2, 0) is 16.6 Å². The standard InChI is InChI=1S/C15H25N3O2S/c1-11(2)16-9-14-8-15(10-18(14)13-6-7-13)21(19,20)17-12-4-3-5-12/h8,10-13,16-17H,3-7,9H2,1-2H3. The van der Waals surface area contributed by atoms with E-state index >= 15 is 0 Å². The molecule has 0 spiro atoms. The van der Waals surface area contributed by atoms with Crippen molar-refractivity contribution in [2.75, 3.05) is 0 Å². The molecule has 2 fully saturated rings. The summed E-state index contributed by atoms with van der Waals surface area (Å²) in [6.45, 7) is 4.91. The third kappa shape index (κ3) is 3.49. The van der Waals surface area contributed by atoms with Crippen molar-refractivity contribution in [3.05, 3.63) is 18.0 Å². The van der Waals surface area contributed by atoms with Gasteiger partial charge >= 0.3 is 0 Å². The smallest absolute Gasteiger partial charge is 0.242 e. The van der Waals surface area contributed by atoms with Crippen LogP contribution in [0.2, 0.25) is 0 Å². The molecule has 5 nitrogen and oxygen atoms in total. The highest BCUT2D eigenvalue weighted by atomic mass is 32.2. The van der Waals surface area contributed by atoms with Crippen LogP contribution in [0.1, 0.15) is 57.7 Å². The van der Waals surface area contributed by atoms with Gasteiger partial charge < -0.3 is 9.88 Å². The first kappa shape index (κ1) is 15.1. The summed E-state index contributed by atoms with van der Waals surface area (Å²) >= 11 is 0. The fraction of sp³-hybridized carbons (Fsp3) is 0.733. The molecule has 6 heteroatoms. The second kappa shape index (κ2) is 5.74. The van der Waals surface area contributed by atoms with E-state index < -0.39 is 10.0 Å². The highest BCUT2D eigenvalue weighted by Crippen LogP contribution is 2.37. The first-order valence-electron chi connectivity index (χ1n) is 7.92. The minimum atomic E-state index is -3.36. The van der Waals surface area contributed by atoms with E-state index in [2.05, 4.69) is 28.5 Å². The summed E-state index contributed by atoms with van der Waals surface area (Å²) in [5.74, 6) is 0. The Balaban J connectivity index is 1.79. The lowest BCUT2D eigenvalue weighted by atomic mass is 9.94. The zero-order valence-electron chi connectivity index (χ0n) is 12.8. The van der Waals surface area contributed by atoms with Crippen molar-refractivity contribution in [3.63, 3.8) is 0 Å². The quantitative estimate of drug-likeness (QED) is 0.811. The molecule has 0 bridgehead atoms. The third-order valence-electron chi connectivity index (χ3n) is 4.28. The second-order valence-electron chi connectivity index (χ2n) is 6.59. The summed E-state index contributed by atoms with van der Waals surface area (Å²) in [7, 11) is -3.36. The number of hydrogen-bond donors (Lipinski definition) is 2. The molecular weight excluding hydrogens is 286 g/mol. The van der Waals surface area contributed by atoms with E-state index in [1.165, 1.54) is 0 Å². The third-order valence-corrected chi connectivity index (χ3v) is 5.76. The van der Waals surface area contributed by atoms with Crippen LogP contribution in [0.25, 0.3) is 0 Å². The average molecular weight is 311 g/mol. The molecule has 21 heavy (non-hydrogen) atoms. The van der Waals surface area contributed by atoms with Crippen molar-refractivity contribution in [2.45, 2.75) is 75.5 Å². The molecule has 2 aliphatic rings. The number of aromatic nitrogens is 1. The summed E-state index contributed by atoms with van der Waals surface area (Å²) < 4.78 is 29.8. The zero-order valence-corrected chi connectivity index (χ0v) is 13.6. The number of rotatable bonds is 7. The van der Waals surface area contributed by atoms with Gasteiger partial charge in [0.15, 0.2) is 0 Å². The Kier molecular flexibility index (Phi) is 4.12. The SMILES string of the molecule is CC(C)NCc1cc(S(=O)(=O)NC2CCC2)cn1C1CC1. The van der Waals surface area contributed by atoms with Crippen LogP contribution in [0.4, 0.5) is 0 Å². The van der Waals surface area contributed by atoms with Gasteiger partial charge in [0.05, 0.1) is 4.90 Å². The fourth-order valence-electron chi connectivity index (χ4n) is 2.60. The molecule has 0 aliphatic heterocycles. The van der Waals surface area contributed by atoms with Crippen molar-refractivity contribution >= 4 is 10.0 Å². The van der Waals surface area contributed by atoms with Crippen LogP contribution in [0.3, 0.4) is 0 Å². The van der Waals surface area contributed by atoms with Crippen LogP contribution in [0, 0.1) is 0 Å². The lowest BCUT2D eigenvalue weighted by Gasteiger charge is -2.25. The summed E-state index contributed by atoms with van der Waals surface area (Å²) in [6.07, 6.45) is 7.17. The molecular formula is C15H25N3O2S. The van der Waals surface area contributed by atoms with Crippen molar-refractivity contribution in [3.8, 4) is 0 Å². The van der Waals surface area contributed by atoms with Crippen molar-refractivity contribution in [1.82, 2.24) is 14.6 Å². The normalized spacial score (nSPS) is 20.0. The summed E-state index contributed by atoms with van der Waals surface area (Å²) in [4.78, 5) is 0.418. The molecule has 0 radical (unpaired) electrons. The zero-order chi connectivity index (χ0) is 15.0. The summed E-state index contributed by atoms with van der Waals surface area (Å²) in [6, 6.07) is 2.84. The minimum absolute atomic E-state index is 0.136. The van der Waals surface area contributed by atoms with Crippen molar-refractivity contribution < 1.29 is 8.42 Å². The molecule has 0 unspecified atom stereocenters. The predicted octanol–water partition coefficient (Wildman–Crippen LogP) is 2.15. The first-order chi connectivity index (χ1) is 9.95. The molecule has 2 N–H and O–H groups in total. The Morgan fingerprint density at radius 2 is 2.00 bits per heavy atom. The highest BCUT2D eigenvalue weighted by molar-refractivity contribution is 7.89. The number of nitrogens with one attached hydrogen (secondary N) is 2. The van der Waals surface area contributed by atoms with E-state index in [1.807, 2.05) is 12.3 Å². The van der Waals surface area contributed by atoms with E-state index in [9.17, 15) is 8.42 Å². The van der Waals surface area contributed by atoms with Crippen LogP contribution in [-0.4, -0.2) is 25.1 Å². The second-order valence-corrected chi connectivity index (χ2v) is 8.30. The Labute approximate surface area is 127 Å². The maximum Gasteiger partial charge on any atom is 0.242 e. The molecule has 1 aromatic heterocycles. The maximum atomic E-state index is 12.4. The molecule has 0 atom stereocenters. The topological polar surface area (TPSA) is 63.1 Å². The molecule has 3 rings (SSSR count). The molecule has 2 saturated carbocycles. The van der Waals surface area contributed by atoms with Crippen LogP contribution in [0.15, 0.2) is 17.2 Å². The number of nitrogens with zero attached hydrogens (tertiary/aromatic N) is 1. The van der Waals surface area contributed by atoms with Gasteiger partial charge in [-0.25, -0.2) is 13.1 Å². The van der Waals surface area contributed by atoms with E-state index in [0.29, 0.717) is 23.5 Å². The van der Waals surface area contributed by atoms with Gasteiger partial charge in [-0.3, -0.25) is 0 Å². The Morgan fingerprint density at radius 3 is 2.52 bits per heavy atom. The van der Waals surface area contributed by atoms with E-state index in [-0.39, 0.29) is 6.04 Å². The molecule has 118 valence electrons. The van der Waals surface area contributed by atoms with Gasteiger partial charge in [-0.05, 0) is 31.7 Å². The van der Waals surface area contributed by atoms with Gasteiger partial charge in [-0.15, -0.1) is 0 Å². The van der Waals surface area contributed by atoms with Crippen LogP contribution < -0.4 is 10.0 Å². The van der Waals surface area contributed by atoms with Gasteiger partial charge in [-0.1, -0.05) is 20.3 Å². The molecule has 0 amide bonds. The molecule has 1 aromatic rings. The van der Waals surface area contributed by atoms with Crippen LogP contribution in [0.5, 0.6) is 0 Å². The predicted molar refractivity (Wildman–Crippen MR) is 82.6 cm³/mol. The Morgan fingerprint density at radius 1 is 1.29 bits per heavy atom. The Hall–Kier alpha value is -0.850.